The molecule has 0 spiro atoms. The van der Waals surface area contributed by atoms with E-state index in [1.54, 1.807) is 0 Å². The third-order valence-corrected chi connectivity index (χ3v) is 4.77. The van der Waals surface area contributed by atoms with Crippen molar-refractivity contribution >= 4 is 23.2 Å². The van der Waals surface area contributed by atoms with Crippen LogP contribution in [0.3, 0.4) is 0 Å². The SMILES string of the molecule is CC(NC(C)C1CCOCC1)c1cccc(Cl)c1Cl. The topological polar surface area (TPSA) is 21.3 Å². The van der Waals surface area contributed by atoms with E-state index in [1.165, 1.54) is 0 Å². The Balaban J connectivity index is 1.99. The molecule has 0 saturated carbocycles. The standard InChI is InChI=1S/C15H21Cl2NO/c1-10(12-6-8-19-9-7-12)18-11(2)13-4-3-5-14(16)15(13)17/h3-5,10-12,18H,6-9H2,1-2H3. The summed E-state index contributed by atoms with van der Waals surface area (Å²) in [5, 5.41) is 4.91. The zero-order valence-corrected chi connectivity index (χ0v) is 13.0. The smallest absolute Gasteiger partial charge is 0.0639 e. The molecule has 106 valence electrons. The van der Waals surface area contributed by atoms with E-state index in [9.17, 15) is 0 Å². The highest BCUT2D eigenvalue weighted by Gasteiger charge is 2.22. The molecular formula is C15H21Cl2NO. The van der Waals surface area contributed by atoms with Gasteiger partial charge in [-0.05, 0) is 44.2 Å². The normalized spacial score (nSPS) is 20.2. The molecule has 0 radical (unpaired) electrons. The largest absolute Gasteiger partial charge is 0.381 e. The van der Waals surface area contributed by atoms with E-state index in [1.807, 2.05) is 18.2 Å². The second-order valence-electron chi connectivity index (χ2n) is 5.27. The van der Waals surface area contributed by atoms with Gasteiger partial charge in [0.1, 0.15) is 0 Å². The van der Waals surface area contributed by atoms with Crippen molar-refractivity contribution in [3.8, 4) is 0 Å². The Bertz CT molecular complexity index is 419. The highest BCUT2D eigenvalue weighted by molar-refractivity contribution is 6.42. The molecule has 1 N–H and O–H groups in total. The van der Waals surface area contributed by atoms with Gasteiger partial charge in [-0.25, -0.2) is 0 Å². The van der Waals surface area contributed by atoms with Crippen molar-refractivity contribution in [2.45, 2.75) is 38.8 Å². The molecule has 1 aromatic rings. The lowest BCUT2D eigenvalue weighted by Gasteiger charge is -2.31. The Hall–Kier alpha value is -0.280. The van der Waals surface area contributed by atoms with Crippen molar-refractivity contribution in [3.63, 3.8) is 0 Å². The van der Waals surface area contributed by atoms with Crippen LogP contribution in [0.5, 0.6) is 0 Å². The van der Waals surface area contributed by atoms with Gasteiger partial charge in [-0.1, -0.05) is 35.3 Å². The van der Waals surface area contributed by atoms with Crippen molar-refractivity contribution in [1.29, 1.82) is 0 Å². The van der Waals surface area contributed by atoms with E-state index in [-0.39, 0.29) is 6.04 Å². The Morgan fingerprint density at radius 1 is 1.21 bits per heavy atom. The van der Waals surface area contributed by atoms with Crippen LogP contribution in [0, 0.1) is 5.92 Å². The number of hydrogen-bond donors (Lipinski definition) is 1. The molecule has 0 aromatic heterocycles. The predicted octanol–water partition coefficient (Wildman–Crippen LogP) is 4.46. The van der Waals surface area contributed by atoms with Gasteiger partial charge in [0, 0.05) is 25.3 Å². The summed E-state index contributed by atoms with van der Waals surface area (Å²) in [6.07, 6.45) is 2.26. The van der Waals surface area contributed by atoms with E-state index in [4.69, 9.17) is 27.9 Å². The summed E-state index contributed by atoms with van der Waals surface area (Å²) in [6, 6.07) is 6.45. The maximum absolute atomic E-state index is 6.27. The highest BCUT2D eigenvalue weighted by Crippen LogP contribution is 2.30. The van der Waals surface area contributed by atoms with Crippen LogP contribution >= 0.6 is 23.2 Å². The van der Waals surface area contributed by atoms with E-state index < -0.39 is 0 Å². The molecular weight excluding hydrogens is 281 g/mol. The van der Waals surface area contributed by atoms with Gasteiger partial charge in [-0.15, -0.1) is 0 Å². The maximum atomic E-state index is 6.27. The van der Waals surface area contributed by atoms with E-state index in [2.05, 4.69) is 19.2 Å². The summed E-state index contributed by atoms with van der Waals surface area (Å²) >= 11 is 12.3. The van der Waals surface area contributed by atoms with Crippen LogP contribution in [-0.4, -0.2) is 19.3 Å². The minimum Gasteiger partial charge on any atom is -0.381 e. The number of nitrogens with one attached hydrogen (secondary N) is 1. The number of halogens is 2. The number of rotatable bonds is 4. The summed E-state index contributed by atoms with van der Waals surface area (Å²) in [5.41, 5.74) is 1.06. The molecule has 0 aliphatic carbocycles. The molecule has 2 nitrogen and oxygen atoms in total. The van der Waals surface area contributed by atoms with E-state index >= 15 is 0 Å². The quantitative estimate of drug-likeness (QED) is 0.886. The number of benzene rings is 1. The van der Waals surface area contributed by atoms with Crippen LogP contribution in [-0.2, 0) is 4.74 Å². The van der Waals surface area contributed by atoms with Gasteiger partial charge in [0.15, 0.2) is 0 Å². The second kappa shape index (κ2) is 6.94. The molecule has 1 saturated heterocycles. The molecule has 4 heteroatoms. The Morgan fingerprint density at radius 3 is 2.58 bits per heavy atom. The van der Waals surface area contributed by atoms with Gasteiger partial charge in [0.05, 0.1) is 10.0 Å². The first kappa shape index (κ1) is 15.1. The lowest BCUT2D eigenvalue weighted by molar-refractivity contribution is 0.0547. The fourth-order valence-electron chi connectivity index (χ4n) is 2.69. The summed E-state index contributed by atoms with van der Waals surface area (Å²) in [5.74, 6) is 0.675. The second-order valence-corrected chi connectivity index (χ2v) is 6.06. The maximum Gasteiger partial charge on any atom is 0.0639 e. The molecule has 0 bridgehead atoms. The van der Waals surface area contributed by atoms with Crippen molar-refractivity contribution in [2.24, 2.45) is 5.92 Å². The number of hydrogen-bond acceptors (Lipinski definition) is 2. The van der Waals surface area contributed by atoms with Gasteiger partial charge >= 0.3 is 0 Å². The average Bonchev–Trinajstić information content (AvgIpc) is 2.42. The van der Waals surface area contributed by atoms with Crippen molar-refractivity contribution in [1.82, 2.24) is 5.32 Å². The van der Waals surface area contributed by atoms with Gasteiger partial charge < -0.3 is 10.1 Å². The van der Waals surface area contributed by atoms with Crippen LogP contribution in [0.1, 0.15) is 38.3 Å². The van der Waals surface area contributed by atoms with Gasteiger partial charge in [-0.3, -0.25) is 0 Å². The van der Waals surface area contributed by atoms with Gasteiger partial charge in [0.2, 0.25) is 0 Å². The van der Waals surface area contributed by atoms with E-state index in [0.717, 1.165) is 31.6 Å². The Kier molecular flexibility index (Phi) is 5.52. The molecule has 1 aromatic carbocycles. The first-order valence-corrected chi connectivity index (χ1v) is 7.63. The summed E-state index contributed by atoms with van der Waals surface area (Å²) < 4.78 is 5.41. The fraction of sp³-hybridized carbons (Fsp3) is 0.600. The highest BCUT2D eigenvalue weighted by atomic mass is 35.5. The zero-order valence-electron chi connectivity index (χ0n) is 11.5. The summed E-state index contributed by atoms with van der Waals surface area (Å²) in [6.45, 7) is 6.13. The van der Waals surface area contributed by atoms with Gasteiger partial charge in [-0.2, -0.15) is 0 Å². The summed E-state index contributed by atoms with van der Waals surface area (Å²) in [4.78, 5) is 0. The molecule has 1 fully saturated rings. The first-order valence-electron chi connectivity index (χ1n) is 6.87. The van der Waals surface area contributed by atoms with Crippen molar-refractivity contribution in [3.05, 3.63) is 33.8 Å². The molecule has 2 rings (SSSR count). The first-order chi connectivity index (χ1) is 9.09. The Labute approximate surface area is 125 Å². The molecule has 1 aliphatic rings. The zero-order chi connectivity index (χ0) is 13.8. The Morgan fingerprint density at radius 2 is 1.89 bits per heavy atom. The van der Waals surface area contributed by atoms with Crippen molar-refractivity contribution < 1.29 is 4.74 Å². The minimum atomic E-state index is 0.198. The van der Waals surface area contributed by atoms with Crippen LogP contribution in [0.4, 0.5) is 0 Å². The summed E-state index contributed by atoms with van der Waals surface area (Å²) in [7, 11) is 0. The van der Waals surface area contributed by atoms with E-state index in [0.29, 0.717) is 22.0 Å². The molecule has 2 atom stereocenters. The predicted molar refractivity (Wildman–Crippen MR) is 81.0 cm³/mol. The fourth-order valence-corrected chi connectivity index (χ4v) is 3.16. The molecule has 0 amide bonds. The molecule has 2 unspecified atom stereocenters. The number of ether oxygens (including phenoxy) is 1. The van der Waals surface area contributed by atoms with Crippen molar-refractivity contribution in [2.75, 3.05) is 13.2 Å². The van der Waals surface area contributed by atoms with Crippen LogP contribution in [0.2, 0.25) is 10.0 Å². The average molecular weight is 302 g/mol. The lowest BCUT2D eigenvalue weighted by atomic mass is 9.92. The molecule has 19 heavy (non-hydrogen) atoms. The third kappa shape index (κ3) is 3.85. The van der Waals surface area contributed by atoms with Crippen LogP contribution in [0.25, 0.3) is 0 Å². The third-order valence-electron chi connectivity index (χ3n) is 3.93. The molecule has 1 aliphatic heterocycles. The van der Waals surface area contributed by atoms with Crippen LogP contribution in [0.15, 0.2) is 18.2 Å². The van der Waals surface area contributed by atoms with Gasteiger partial charge in [0.25, 0.3) is 0 Å². The van der Waals surface area contributed by atoms with Crippen LogP contribution < -0.4 is 5.32 Å². The lowest BCUT2D eigenvalue weighted by Crippen LogP contribution is -2.38. The molecule has 1 heterocycles. The monoisotopic (exact) mass is 301 g/mol. The minimum absolute atomic E-state index is 0.198.